The normalized spacial score (nSPS) is 11.3. The average Bonchev–Trinajstić information content (AvgIpc) is 2.99. The molecule has 0 aliphatic rings. The van der Waals surface area contributed by atoms with Crippen molar-refractivity contribution >= 4 is 17.2 Å². The zero-order chi connectivity index (χ0) is 16.2. The van der Waals surface area contributed by atoms with Crippen LogP contribution in [-0.2, 0) is 11.3 Å². The molecule has 0 fully saturated rings. The first kappa shape index (κ1) is 16.6. The predicted molar refractivity (Wildman–Crippen MR) is 91.3 cm³/mol. The molecule has 0 saturated carbocycles. The summed E-state index contributed by atoms with van der Waals surface area (Å²) in [4.78, 5) is 15.8. The molecule has 1 aromatic heterocycles. The van der Waals surface area contributed by atoms with Crippen molar-refractivity contribution in [3.05, 3.63) is 52.2 Å². The van der Waals surface area contributed by atoms with Gasteiger partial charge in [0, 0.05) is 11.4 Å². The number of carbonyl (C=O) groups is 1. The van der Waals surface area contributed by atoms with Gasteiger partial charge in [-0.05, 0) is 51.3 Å². The number of hydrogen-bond donors (Lipinski definition) is 0. The minimum atomic E-state index is -0.886. The number of amides is 1. The van der Waals surface area contributed by atoms with Gasteiger partial charge in [-0.2, -0.15) is 0 Å². The molecule has 0 N–H and O–H groups in total. The first-order chi connectivity index (χ1) is 10.4. The third-order valence-corrected chi connectivity index (χ3v) is 4.37. The van der Waals surface area contributed by atoms with Crippen molar-refractivity contribution in [2.75, 3.05) is 6.54 Å². The van der Waals surface area contributed by atoms with Gasteiger partial charge < -0.3 is 9.64 Å². The molecule has 3 nitrogen and oxygen atoms in total. The molecule has 0 radical (unpaired) electrons. The topological polar surface area (TPSA) is 29.5 Å². The summed E-state index contributed by atoms with van der Waals surface area (Å²) in [6, 6.07) is 11.8. The Bertz CT molecular complexity index is 603. The van der Waals surface area contributed by atoms with E-state index in [9.17, 15) is 4.79 Å². The highest BCUT2D eigenvalue weighted by Crippen LogP contribution is 2.22. The first-order valence-electron chi connectivity index (χ1n) is 7.50. The van der Waals surface area contributed by atoms with Crippen LogP contribution in [0.4, 0.5) is 0 Å². The number of aryl methyl sites for hydroxylation is 1. The van der Waals surface area contributed by atoms with Crippen molar-refractivity contribution in [3.8, 4) is 5.75 Å². The second kappa shape index (κ2) is 6.97. The summed E-state index contributed by atoms with van der Waals surface area (Å²) in [7, 11) is 0. The molecule has 0 aliphatic carbocycles. The SMILES string of the molecule is CCN(Cc1cccs1)C(=O)C(C)(C)Oc1ccc(C)cc1. The van der Waals surface area contributed by atoms with E-state index in [1.165, 1.54) is 10.4 Å². The van der Waals surface area contributed by atoms with Crippen LogP contribution in [0.5, 0.6) is 5.75 Å². The minimum Gasteiger partial charge on any atom is -0.478 e. The molecule has 22 heavy (non-hydrogen) atoms. The number of ether oxygens (including phenoxy) is 1. The lowest BCUT2D eigenvalue weighted by molar-refractivity contribution is -0.145. The quantitative estimate of drug-likeness (QED) is 0.796. The Labute approximate surface area is 136 Å². The summed E-state index contributed by atoms with van der Waals surface area (Å²) in [5.41, 5.74) is 0.284. The molecule has 4 heteroatoms. The molecular formula is C18H23NO2S. The van der Waals surface area contributed by atoms with Crippen molar-refractivity contribution in [1.82, 2.24) is 4.90 Å². The third kappa shape index (κ3) is 4.10. The highest BCUT2D eigenvalue weighted by molar-refractivity contribution is 7.09. The number of likely N-dealkylation sites (N-methyl/N-ethyl adjacent to an activating group) is 1. The van der Waals surface area contributed by atoms with Crippen molar-refractivity contribution in [2.24, 2.45) is 0 Å². The number of nitrogens with zero attached hydrogens (tertiary/aromatic N) is 1. The zero-order valence-corrected chi connectivity index (χ0v) is 14.4. The molecule has 0 saturated heterocycles. The van der Waals surface area contributed by atoms with E-state index in [0.717, 1.165) is 5.75 Å². The van der Waals surface area contributed by atoms with Gasteiger partial charge in [0.25, 0.3) is 5.91 Å². The molecular weight excluding hydrogens is 294 g/mol. The average molecular weight is 317 g/mol. The van der Waals surface area contributed by atoms with Gasteiger partial charge in [-0.25, -0.2) is 0 Å². The van der Waals surface area contributed by atoms with Gasteiger partial charge in [-0.15, -0.1) is 11.3 Å². The fourth-order valence-corrected chi connectivity index (χ4v) is 2.96. The summed E-state index contributed by atoms with van der Waals surface area (Å²) < 4.78 is 5.93. The summed E-state index contributed by atoms with van der Waals surface area (Å²) in [6.45, 7) is 8.97. The number of benzene rings is 1. The van der Waals surface area contributed by atoms with Crippen molar-refractivity contribution in [3.63, 3.8) is 0 Å². The van der Waals surface area contributed by atoms with E-state index in [4.69, 9.17) is 4.74 Å². The monoisotopic (exact) mass is 317 g/mol. The highest BCUT2D eigenvalue weighted by atomic mass is 32.1. The lowest BCUT2D eigenvalue weighted by Crippen LogP contribution is -2.48. The summed E-state index contributed by atoms with van der Waals surface area (Å²) in [5, 5.41) is 2.03. The Balaban J connectivity index is 2.08. The van der Waals surface area contributed by atoms with Crippen LogP contribution in [0.25, 0.3) is 0 Å². The van der Waals surface area contributed by atoms with Gasteiger partial charge in [-0.1, -0.05) is 23.8 Å². The number of carbonyl (C=O) groups excluding carboxylic acids is 1. The third-order valence-electron chi connectivity index (χ3n) is 3.50. The van der Waals surface area contributed by atoms with Gasteiger partial charge in [-0.3, -0.25) is 4.79 Å². The maximum absolute atomic E-state index is 12.8. The molecule has 118 valence electrons. The van der Waals surface area contributed by atoms with Gasteiger partial charge >= 0.3 is 0 Å². The minimum absolute atomic E-state index is 0.00368. The molecule has 0 atom stereocenters. The number of hydrogen-bond acceptors (Lipinski definition) is 3. The maximum atomic E-state index is 12.8. The molecule has 0 spiro atoms. The molecule has 1 heterocycles. The fraction of sp³-hybridized carbons (Fsp3) is 0.389. The zero-order valence-electron chi connectivity index (χ0n) is 13.6. The van der Waals surface area contributed by atoms with Gasteiger partial charge in [0.2, 0.25) is 0 Å². The van der Waals surface area contributed by atoms with E-state index in [1.807, 2.05) is 68.3 Å². The van der Waals surface area contributed by atoms with E-state index in [2.05, 4.69) is 6.07 Å². The van der Waals surface area contributed by atoms with E-state index in [1.54, 1.807) is 11.3 Å². The van der Waals surface area contributed by atoms with Gasteiger partial charge in [0.1, 0.15) is 5.75 Å². The maximum Gasteiger partial charge on any atom is 0.266 e. The Hall–Kier alpha value is -1.81. The summed E-state index contributed by atoms with van der Waals surface area (Å²) >= 11 is 1.67. The van der Waals surface area contributed by atoms with E-state index in [-0.39, 0.29) is 5.91 Å². The molecule has 1 amide bonds. The van der Waals surface area contributed by atoms with Gasteiger partial charge in [0.15, 0.2) is 5.60 Å². The second-order valence-electron chi connectivity index (χ2n) is 5.82. The van der Waals surface area contributed by atoms with Crippen LogP contribution in [0.1, 0.15) is 31.2 Å². The van der Waals surface area contributed by atoms with Crippen LogP contribution < -0.4 is 4.74 Å². The largest absolute Gasteiger partial charge is 0.478 e. The standard InChI is InChI=1S/C18H23NO2S/c1-5-19(13-16-7-6-12-22-16)17(20)18(3,4)21-15-10-8-14(2)9-11-15/h6-12H,5,13H2,1-4H3. The Morgan fingerprint density at radius 3 is 2.45 bits per heavy atom. The van der Waals surface area contributed by atoms with Crippen molar-refractivity contribution < 1.29 is 9.53 Å². The Morgan fingerprint density at radius 1 is 1.23 bits per heavy atom. The van der Waals surface area contributed by atoms with Crippen LogP contribution in [0, 0.1) is 6.92 Å². The first-order valence-corrected chi connectivity index (χ1v) is 8.38. The second-order valence-corrected chi connectivity index (χ2v) is 6.86. The molecule has 2 rings (SSSR count). The summed E-state index contributed by atoms with van der Waals surface area (Å²) in [5.74, 6) is 0.722. The fourth-order valence-electron chi connectivity index (χ4n) is 2.24. The van der Waals surface area contributed by atoms with Crippen LogP contribution in [0.15, 0.2) is 41.8 Å². The molecule has 0 aliphatic heterocycles. The van der Waals surface area contributed by atoms with E-state index >= 15 is 0 Å². The molecule has 2 aromatic rings. The van der Waals surface area contributed by atoms with Crippen molar-refractivity contribution in [2.45, 2.75) is 39.8 Å². The van der Waals surface area contributed by atoms with E-state index < -0.39 is 5.60 Å². The molecule has 1 aromatic carbocycles. The summed E-state index contributed by atoms with van der Waals surface area (Å²) in [6.07, 6.45) is 0. The molecule has 0 unspecified atom stereocenters. The smallest absolute Gasteiger partial charge is 0.266 e. The van der Waals surface area contributed by atoms with Crippen LogP contribution in [0.3, 0.4) is 0 Å². The highest BCUT2D eigenvalue weighted by Gasteiger charge is 2.33. The van der Waals surface area contributed by atoms with E-state index in [0.29, 0.717) is 13.1 Å². The predicted octanol–water partition coefficient (Wildman–Crippen LogP) is 4.26. The number of thiophene rings is 1. The van der Waals surface area contributed by atoms with Gasteiger partial charge in [0.05, 0.1) is 6.54 Å². The lowest BCUT2D eigenvalue weighted by Gasteiger charge is -2.31. The van der Waals surface area contributed by atoms with Crippen molar-refractivity contribution in [1.29, 1.82) is 0 Å². The molecule has 0 bridgehead atoms. The van der Waals surface area contributed by atoms with Crippen LogP contribution >= 0.6 is 11.3 Å². The Morgan fingerprint density at radius 2 is 1.91 bits per heavy atom. The number of rotatable bonds is 6. The Kier molecular flexibility index (Phi) is 5.24. The van der Waals surface area contributed by atoms with Crippen LogP contribution in [0.2, 0.25) is 0 Å². The lowest BCUT2D eigenvalue weighted by atomic mass is 10.1. The van der Waals surface area contributed by atoms with Crippen LogP contribution in [-0.4, -0.2) is 23.0 Å².